The second-order valence-corrected chi connectivity index (χ2v) is 5.81. The Morgan fingerprint density at radius 2 is 1.78 bits per heavy atom. The van der Waals surface area contributed by atoms with Gasteiger partial charge in [-0.25, -0.2) is 0 Å². The maximum absolute atomic E-state index is 11.4. The van der Waals surface area contributed by atoms with Crippen molar-refractivity contribution >= 4 is 27.8 Å². The van der Waals surface area contributed by atoms with Gasteiger partial charge in [0.25, 0.3) is 5.91 Å². The smallest absolute Gasteiger partial charge is 0.252 e. The van der Waals surface area contributed by atoms with Gasteiger partial charge in [0.05, 0.1) is 25.3 Å². The monoisotopic (exact) mass is 364 g/mol. The molecule has 27 heavy (non-hydrogen) atoms. The average Bonchev–Trinajstić information content (AvgIpc) is 3.10. The molecule has 4 aromatic rings. The predicted octanol–water partition coefficient (Wildman–Crippen LogP) is 3.89. The average molecular weight is 364 g/mol. The van der Waals surface area contributed by atoms with E-state index in [1.807, 2.05) is 6.07 Å². The van der Waals surface area contributed by atoms with Gasteiger partial charge in [-0.2, -0.15) is 0 Å². The zero-order valence-corrected chi connectivity index (χ0v) is 14.7. The minimum atomic E-state index is -0.538. The maximum atomic E-state index is 11.4. The second kappa shape index (κ2) is 6.53. The number of primary amides is 1. The SMILES string of the molecule is COc1cc2nccc(Oc3ccc4c(C(N)=O)coc4c3)c2cc1OC. The Labute approximate surface area is 154 Å². The van der Waals surface area contributed by atoms with Crippen LogP contribution in [0.4, 0.5) is 0 Å². The molecule has 0 aliphatic carbocycles. The number of fused-ring (bicyclic) bond motifs is 2. The number of benzene rings is 2. The van der Waals surface area contributed by atoms with Gasteiger partial charge in [-0.05, 0) is 24.3 Å². The van der Waals surface area contributed by atoms with Crippen molar-refractivity contribution in [1.82, 2.24) is 4.98 Å². The molecule has 136 valence electrons. The molecule has 2 aromatic heterocycles. The summed E-state index contributed by atoms with van der Waals surface area (Å²) in [6.45, 7) is 0. The normalized spacial score (nSPS) is 10.9. The number of furan rings is 1. The summed E-state index contributed by atoms with van der Waals surface area (Å²) in [6, 6.07) is 10.5. The third-order valence-electron chi connectivity index (χ3n) is 4.25. The summed E-state index contributed by atoms with van der Waals surface area (Å²) in [4.78, 5) is 15.8. The van der Waals surface area contributed by atoms with E-state index in [1.54, 1.807) is 50.7 Å². The first kappa shape index (κ1) is 16.7. The Balaban J connectivity index is 1.77. The van der Waals surface area contributed by atoms with E-state index < -0.39 is 5.91 Å². The Bertz CT molecular complexity index is 1170. The number of ether oxygens (including phenoxy) is 3. The zero-order valence-electron chi connectivity index (χ0n) is 14.7. The highest BCUT2D eigenvalue weighted by atomic mass is 16.5. The van der Waals surface area contributed by atoms with Crippen molar-refractivity contribution in [2.45, 2.75) is 0 Å². The molecule has 0 bridgehead atoms. The van der Waals surface area contributed by atoms with Gasteiger partial charge in [0.2, 0.25) is 0 Å². The van der Waals surface area contributed by atoms with Crippen LogP contribution < -0.4 is 19.9 Å². The molecule has 0 saturated carbocycles. The third-order valence-corrected chi connectivity index (χ3v) is 4.25. The molecule has 0 fully saturated rings. The number of rotatable bonds is 5. The van der Waals surface area contributed by atoms with Gasteiger partial charge in [-0.1, -0.05) is 0 Å². The number of pyridine rings is 1. The largest absolute Gasteiger partial charge is 0.493 e. The molecule has 4 rings (SSSR count). The topological polar surface area (TPSA) is 96.8 Å². The van der Waals surface area contributed by atoms with E-state index in [0.29, 0.717) is 45.0 Å². The zero-order chi connectivity index (χ0) is 19.0. The van der Waals surface area contributed by atoms with Crippen LogP contribution in [0.2, 0.25) is 0 Å². The van der Waals surface area contributed by atoms with Crippen molar-refractivity contribution in [3.8, 4) is 23.0 Å². The summed E-state index contributed by atoms with van der Waals surface area (Å²) in [5, 5.41) is 1.41. The lowest BCUT2D eigenvalue weighted by molar-refractivity contribution is 0.100. The molecule has 0 unspecified atom stereocenters. The van der Waals surface area contributed by atoms with E-state index in [9.17, 15) is 4.79 Å². The van der Waals surface area contributed by atoms with Crippen LogP contribution in [-0.4, -0.2) is 25.1 Å². The van der Waals surface area contributed by atoms with Crippen molar-refractivity contribution in [2.24, 2.45) is 5.73 Å². The lowest BCUT2D eigenvalue weighted by atomic mass is 10.1. The van der Waals surface area contributed by atoms with Gasteiger partial charge < -0.3 is 24.4 Å². The first-order valence-electron chi connectivity index (χ1n) is 8.10. The van der Waals surface area contributed by atoms with E-state index >= 15 is 0 Å². The number of hydrogen-bond acceptors (Lipinski definition) is 6. The van der Waals surface area contributed by atoms with Crippen LogP contribution >= 0.6 is 0 Å². The fourth-order valence-electron chi connectivity index (χ4n) is 2.93. The second-order valence-electron chi connectivity index (χ2n) is 5.81. The van der Waals surface area contributed by atoms with Crippen LogP contribution in [0.5, 0.6) is 23.0 Å². The van der Waals surface area contributed by atoms with Crippen molar-refractivity contribution in [2.75, 3.05) is 14.2 Å². The van der Waals surface area contributed by atoms with Crippen LogP contribution in [0.25, 0.3) is 21.9 Å². The number of nitrogens with two attached hydrogens (primary N) is 1. The molecule has 7 nitrogen and oxygen atoms in total. The summed E-state index contributed by atoms with van der Waals surface area (Å²) in [5.74, 6) is 1.78. The van der Waals surface area contributed by atoms with Crippen LogP contribution in [0.3, 0.4) is 0 Å². The molecule has 2 N–H and O–H groups in total. The number of hydrogen-bond donors (Lipinski definition) is 1. The van der Waals surface area contributed by atoms with Crippen LogP contribution in [-0.2, 0) is 0 Å². The van der Waals surface area contributed by atoms with Gasteiger partial charge in [-0.15, -0.1) is 0 Å². The van der Waals surface area contributed by atoms with Gasteiger partial charge in [0.15, 0.2) is 11.5 Å². The summed E-state index contributed by atoms with van der Waals surface area (Å²) in [7, 11) is 3.14. The van der Waals surface area contributed by atoms with E-state index in [-0.39, 0.29) is 0 Å². The van der Waals surface area contributed by atoms with E-state index in [4.69, 9.17) is 24.4 Å². The number of carbonyl (C=O) groups excluding carboxylic acids is 1. The summed E-state index contributed by atoms with van der Waals surface area (Å²) < 4.78 is 22.1. The van der Waals surface area contributed by atoms with Crippen molar-refractivity contribution < 1.29 is 23.4 Å². The Morgan fingerprint density at radius 3 is 2.52 bits per heavy atom. The van der Waals surface area contributed by atoms with Gasteiger partial charge in [-0.3, -0.25) is 9.78 Å². The summed E-state index contributed by atoms with van der Waals surface area (Å²) in [6.07, 6.45) is 3.00. The molecular weight excluding hydrogens is 348 g/mol. The van der Waals surface area contributed by atoms with Crippen LogP contribution in [0.15, 0.2) is 53.3 Å². The fourth-order valence-corrected chi connectivity index (χ4v) is 2.93. The maximum Gasteiger partial charge on any atom is 0.252 e. The first-order valence-corrected chi connectivity index (χ1v) is 8.10. The lowest BCUT2D eigenvalue weighted by Gasteiger charge is -2.12. The quantitative estimate of drug-likeness (QED) is 0.577. The molecule has 2 aromatic carbocycles. The molecule has 7 heteroatoms. The molecule has 0 atom stereocenters. The standard InChI is InChI=1S/C20H16N2O5/c1-24-18-8-13-15(9-19(18)25-2)22-6-5-16(13)27-11-3-4-12-14(20(21)23)10-26-17(12)7-11/h3-10H,1-2H3,(H2,21,23). The number of amides is 1. The summed E-state index contributed by atoms with van der Waals surface area (Å²) >= 11 is 0. The summed E-state index contributed by atoms with van der Waals surface area (Å²) in [5.41, 5.74) is 6.90. The molecule has 0 radical (unpaired) electrons. The van der Waals surface area contributed by atoms with Crippen LogP contribution in [0.1, 0.15) is 10.4 Å². The Morgan fingerprint density at radius 1 is 1.00 bits per heavy atom. The highest BCUT2D eigenvalue weighted by molar-refractivity contribution is 6.05. The minimum Gasteiger partial charge on any atom is -0.493 e. The molecule has 1 amide bonds. The Hall–Kier alpha value is -3.74. The van der Waals surface area contributed by atoms with Crippen LogP contribution in [0, 0.1) is 0 Å². The highest BCUT2D eigenvalue weighted by Gasteiger charge is 2.14. The molecular formula is C20H16N2O5. The van der Waals surface area contributed by atoms with Crippen molar-refractivity contribution in [1.29, 1.82) is 0 Å². The van der Waals surface area contributed by atoms with Gasteiger partial charge >= 0.3 is 0 Å². The number of carbonyl (C=O) groups is 1. The Kier molecular flexibility index (Phi) is 4.04. The highest BCUT2D eigenvalue weighted by Crippen LogP contribution is 2.37. The van der Waals surface area contributed by atoms with Crippen molar-refractivity contribution in [3.63, 3.8) is 0 Å². The predicted molar refractivity (Wildman–Crippen MR) is 99.7 cm³/mol. The van der Waals surface area contributed by atoms with E-state index in [2.05, 4.69) is 4.98 Å². The van der Waals surface area contributed by atoms with Gasteiger partial charge in [0.1, 0.15) is 23.3 Å². The van der Waals surface area contributed by atoms with E-state index in [0.717, 1.165) is 5.39 Å². The lowest BCUT2D eigenvalue weighted by Crippen LogP contribution is -2.09. The number of nitrogens with zero attached hydrogens (tertiary/aromatic N) is 1. The molecule has 0 aliphatic heterocycles. The number of methoxy groups -OCH3 is 2. The molecule has 0 aliphatic rings. The molecule has 0 spiro atoms. The first-order chi connectivity index (χ1) is 13.1. The molecule has 2 heterocycles. The van der Waals surface area contributed by atoms with Gasteiger partial charge in [0, 0.05) is 29.1 Å². The number of aromatic nitrogens is 1. The van der Waals surface area contributed by atoms with E-state index in [1.165, 1.54) is 6.26 Å². The third kappa shape index (κ3) is 2.89. The molecule has 0 saturated heterocycles. The fraction of sp³-hybridized carbons (Fsp3) is 0.100. The minimum absolute atomic E-state index is 0.336. The van der Waals surface area contributed by atoms with Crippen molar-refractivity contribution in [3.05, 3.63) is 54.4 Å².